The van der Waals surface area contributed by atoms with Gasteiger partial charge in [0, 0.05) is 13.0 Å². The Morgan fingerprint density at radius 1 is 1.14 bits per heavy atom. The Morgan fingerprint density at radius 2 is 2.05 bits per heavy atom. The van der Waals surface area contributed by atoms with Crippen LogP contribution in [-0.4, -0.2) is 19.7 Å². The van der Waals surface area contributed by atoms with Crippen molar-refractivity contribution in [2.45, 2.75) is 19.9 Å². The molecule has 22 heavy (non-hydrogen) atoms. The molecule has 0 aliphatic carbocycles. The molecule has 0 spiro atoms. The number of benzene rings is 1. The van der Waals surface area contributed by atoms with Crippen LogP contribution in [0, 0.1) is 6.92 Å². The number of thiophene rings is 1. The molecule has 0 fully saturated rings. The van der Waals surface area contributed by atoms with E-state index in [4.69, 9.17) is 4.52 Å². The lowest BCUT2D eigenvalue weighted by Gasteiger charge is -2.04. The zero-order valence-corrected chi connectivity index (χ0v) is 12.9. The van der Waals surface area contributed by atoms with Gasteiger partial charge in [-0.3, -0.25) is 0 Å². The molecule has 3 aromatic heterocycles. The van der Waals surface area contributed by atoms with E-state index in [1.165, 1.54) is 0 Å². The van der Waals surface area contributed by atoms with Crippen LogP contribution in [0.1, 0.15) is 11.6 Å². The van der Waals surface area contributed by atoms with Gasteiger partial charge in [0.05, 0.1) is 15.9 Å². The molecule has 4 aromatic rings. The van der Waals surface area contributed by atoms with Crippen molar-refractivity contribution in [2.75, 3.05) is 0 Å². The Kier molecular flexibility index (Phi) is 3.23. The summed E-state index contributed by atoms with van der Waals surface area (Å²) in [5.74, 6) is 2.32. The van der Waals surface area contributed by atoms with E-state index >= 15 is 0 Å². The predicted molar refractivity (Wildman–Crippen MR) is 85.8 cm³/mol. The minimum atomic E-state index is 0.595. The third-order valence-electron chi connectivity index (χ3n) is 3.60. The van der Waals surface area contributed by atoms with Crippen molar-refractivity contribution in [1.82, 2.24) is 19.7 Å². The van der Waals surface area contributed by atoms with Crippen LogP contribution in [0.3, 0.4) is 0 Å². The number of imidazole rings is 1. The predicted octanol–water partition coefficient (Wildman–Crippen LogP) is 3.70. The molecule has 6 heteroatoms. The van der Waals surface area contributed by atoms with Gasteiger partial charge in [-0.05, 0) is 30.5 Å². The average Bonchev–Trinajstić information content (AvgIpc) is 3.24. The largest absolute Gasteiger partial charge is 0.333 e. The highest BCUT2D eigenvalue weighted by Crippen LogP contribution is 2.23. The summed E-state index contributed by atoms with van der Waals surface area (Å²) in [7, 11) is 0. The van der Waals surface area contributed by atoms with Gasteiger partial charge in [0.15, 0.2) is 5.82 Å². The SMILES string of the molecule is Cc1nc2ccccc2n1CCc1noc(-c2cccs2)n1. The first-order valence-electron chi connectivity index (χ1n) is 7.09. The molecule has 0 bridgehead atoms. The molecule has 0 saturated carbocycles. The minimum absolute atomic E-state index is 0.595. The zero-order valence-electron chi connectivity index (χ0n) is 12.1. The van der Waals surface area contributed by atoms with Crippen LogP contribution < -0.4 is 0 Å². The molecule has 3 heterocycles. The van der Waals surface area contributed by atoms with Gasteiger partial charge >= 0.3 is 0 Å². The quantitative estimate of drug-likeness (QED) is 0.577. The Hall–Kier alpha value is -2.47. The molecule has 4 rings (SSSR count). The van der Waals surface area contributed by atoms with Crippen molar-refractivity contribution < 1.29 is 4.52 Å². The normalized spacial score (nSPS) is 11.3. The van der Waals surface area contributed by atoms with Crippen LogP contribution in [-0.2, 0) is 13.0 Å². The summed E-state index contributed by atoms with van der Waals surface area (Å²) >= 11 is 1.60. The second-order valence-corrected chi connectivity index (χ2v) is 5.99. The first kappa shape index (κ1) is 13.2. The Bertz CT molecular complexity index is 907. The molecule has 0 atom stereocenters. The van der Waals surface area contributed by atoms with Gasteiger partial charge < -0.3 is 9.09 Å². The number of hydrogen-bond acceptors (Lipinski definition) is 5. The molecular formula is C16H14N4OS. The van der Waals surface area contributed by atoms with Crippen LogP contribution in [0.5, 0.6) is 0 Å². The van der Waals surface area contributed by atoms with Crippen LogP contribution in [0.25, 0.3) is 21.8 Å². The topological polar surface area (TPSA) is 56.7 Å². The Labute approximate surface area is 131 Å². The van der Waals surface area contributed by atoms with Gasteiger partial charge in [-0.15, -0.1) is 11.3 Å². The number of aryl methyl sites for hydroxylation is 3. The lowest BCUT2D eigenvalue weighted by atomic mass is 10.3. The summed E-state index contributed by atoms with van der Waals surface area (Å²) in [5.41, 5.74) is 2.16. The molecule has 0 saturated heterocycles. The zero-order chi connectivity index (χ0) is 14.9. The van der Waals surface area contributed by atoms with Gasteiger partial charge in [-0.25, -0.2) is 4.98 Å². The molecule has 0 amide bonds. The van der Waals surface area contributed by atoms with Crippen molar-refractivity contribution >= 4 is 22.4 Å². The molecular weight excluding hydrogens is 296 g/mol. The average molecular weight is 310 g/mol. The monoisotopic (exact) mass is 310 g/mol. The van der Waals surface area contributed by atoms with E-state index in [2.05, 4.69) is 25.8 Å². The van der Waals surface area contributed by atoms with Crippen molar-refractivity contribution in [2.24, 2.45) is 0 Å². The minimum Gasteiger partial charge on any atom is -0.333 e. The summed E-state index contributed by atoms with van der Waals surface area (Å²) in [4.78, 5) is 10.0. The van der Waals surface area contributed by atoms with Crippen LogP contribution in [0.2, 0.25) is 0 Å². The molecule has 0 N–H and O–H groups in total. The Balaban J connectivity index is 1.56. The van der Waals surface area contributed by atoms with Gasteiger partial charge in [0.1, 0.15) is 5.82 Å². The van der Waals surface area contributed by atoms with E-state index < -0.39 is 0 Å². The van der Waals surface area contributed by atoms with Crippen molar-refractivity contribution in [3.05, 3.63) is 53.4 Å². The van der Waals surface area contributed by atoms with E-state index in [0.717, 1.165) is 40.5 Å². The third-order valence-corrected chi connectivity index (χ3v) is 4.46. The second kappa shape index (κ2) is 5.38. The van der Waals surface area contributed by atoms with Crippen LogP contribution >= 0.6 is 11.3 Å². The van der Waals surface area contributed by atoms with Crippen molar-refractivity contribution in [3.8, 4) is 10.8 Å². The molecule has 5 nitrogen and oxygen atoms in total. The second-order valence-electron chi connectivity index (χ2n) is 5.04. The fourth-order valence-corrected chi connectivity index (χ4v) is 3.19. The lowest BCUT2D eigenvalue weighted by molar-refractivity contribution is 0.421. The smallest absolute Gasteiger partial charge is 0.267 e. The van der Waals surface area contributed by atoms with E-state index in [0.29, 0.717) is 5.89 Å². The molecule has 0 aliphatic heterocycles. The highest BCUT2D eigenvalue weighted by Gasteiger charge is 2.11. The number of aromatic nitrogens is 4. The summed E-state index contributed by atoms with van der Waals surface area (Å²) in [5, 5.41) is 6.07. The van der Waals surface area contributed by atoms with Crippen molar-refractivity contribution in [3.63, 3.8) is 0 Å². The summed E-state index contributed by atoms with van der Waals surface area (Å²) in [6.45, 7) is 2.81. The van der Waals surface area contributed by atoms with Gasteiger partial charge in [0.2, 0.25) is 0 Å². The summed E-state index contributed by atoms with van der Waals surface area (Å²) in [6.07, 6.45) is 0.718. The highest BCUT2D eigenvalue weighted by molar-refractivity contribution is 7.13. The number of para-hydroxylation sites is 2. The fraction of sp³-hybridized carbons (Fsp3) is 0.188. The maximum Gasteiger partial charge on any atom is 0.267 e. The summed E-state index contributed by atoms with van der Waals surface area (Å²) < 4.78 is 7.51. The first-order chi connectivity index (χ1) is 10.8. The fourth-order valence-electron chi connectivity index (χ4n) is 2.55. The first-order valence-corrected chi connectivity index (χ1v) is 7.97. The van der Waals surface area contributed by atoms with Gasteiger partial charge in [0.25, 0.3) is 5.89 Å². The standard InChI is InChI=1S/C16H14N4OS/c1-11-17-12-5-2-3-6-13(12)20(11)9-8-15-18-16(21-19-15)14-7-4-10-22-14/h2-7,10H,8-9H2,1H3. The molecule has 1 aromatic carbocycles. The molecule has 0 radical (unpaired) electrons. The third kappa shape index (κ3) is 2.31. The van der Waals surface area contributed by atoms with Crippen molar-refractivity contribution in [1.29, 1.82) is 0 Å². The van der Waals surface area contributed by atoms with Gasteiger partial charge in [-0.2, -0.15) is 4.98 Å². The molecule has 110 valence electrons. The van der Waals surface area contributed by atoms with Crippen LogP contribution in [0.15, 0.2) is 46.3 Å². The number of hydrogen-bond donors (Lipinski definition) is 0. The van der Waals surface area contributed by atoms with E-state index in [1.54, 1.807) is 11.3 Å². The maximum atomic E-state index is 5.32. The number of nitrogens with zero attached hydrogens (tertiary/aromatic N) is 4. The summed E-state index contributed by atoms with van der Waals surface area (Å²) in [6, 6.07) is 12.1. The lowest BCUT2D eigenvalue weighted by Crippen LogP contribution is -2.04. The van der Waals surface area contributed by atoms with E-state index in [1.807, 2.05) is 42.6 Å². The molecule has 0 unspecified atom stereocenters. The van der Waals surface area contributed by atoms with Gasteiger partial charge in [-0.1, -0.05) is 23.4 Å². The number of rotatable bonds is 4. The van der Waals surface area contributed by atoms with E-state index in [9.17, 15) is 0 Å². The van der Waals surface area contributed by atoms with E-state index in [-0.39, 0.29) is 0 Å². The maximum absolute atomic E-state index is 5.32. The van der Waals surface area contributed by atoms with Crippen LogP contribution in [0.4, 0.5) is 0 Å². The number of fused-ring (bicyclic) bond motifs is 1. The highest BCUT2D eigenvalue weighted by atomic mass is 32.1. The Morgan fingerprint density at radius 3 is 2.91 bits per heavy atom. The molecule has 0 aliphatic rings.